The van der Waals surface area contributed by atoms with Crippen LogP contribution in [0.3, 0.4) is 0 Å². The second-order valence-electron chi connectivity index (χ2n) is 4.83. The number of pyridine rings is 1. The Morgan fingerprint density at radius 2 is 2.05 bits per heavy atom. The van der Waals surface area contributed by atoms with Crippen molar-refractivity contribution < 1.29 is 35.9 Å². The second-order valence-corrected chi connectivity index (χ2v) is 4.83. The van der Waals surface area contributed by atoms with E-state index in [9.17, 15) is 0 Å². The monoisotopic (exact) mass is 521 g/mol. The molecule has 0 aliphatic carbocycles. The van der Waals surface area contributed by atoms with Crippen LogP contribution in [0.25, 0.3) is 5.32 Å². The first-order valence-electron chi connectivity index (χ1n) is 7.02. The summed E-state index contributed by atoms with van der Waals surface area (Å²) in [5.41, 5.74) is 1.99. The van der Waals surface area contributed by atoms with Crippen LogP contribution in [0.15, 0.2) is 46.4 Å². The number of amidine groups is 1. The maximum Gasteiger partial charge on any atom is 2.00 e. The average Bonchev–Trinajstić information content (AvgIpc) is 2.97. The Bertz CT molecular complexity index is 552. The van der Waals surface area contributed by atoms with Crippen LogP contribution >= 0.6 is 0 Å². The molecular weight excluding hydrogens is 504 g/mol. The number of rotatable bonds is 4. The molecular formula is C15H17N5OU. The Morgan fingerprint density at radius 1 is 1.27 bits per heavy atom. The van der Waals surface area contributed by atoms with Crippen LogP contribution in [0.1, 0.15) is 5.56 Å². The third kappa shape index (κ3) is 5.03. The first-order valence-corrected chi connectivity index (χ1v) is 7.02. The second kappa shape index (κ2) is 9.21. The summed E-state index contributed by atoms with van der Waals surface area (Å²) in [4.78, 5) is 6.30. The molecule has 112 valence electrons. The zero-order valence-corrected chi connectivity index (χ0v) is 16.4. The van der Waals surface area contributed by atoms with Crippen molar-refractivity contribution in [1.82, 2.24) is 9.88 Å². The van der Waals surface area contributed by atoms with E-state index in [2.05, 4.69) is 37.7 Å². The molecule has 0 spiro atoms. The summed E-state index contributed by atoms with van der Waals surface area (Å²) in [5.74, 6) is 0.711. The Kier molecular flexibility index (Phi) is 7.27. The molecule has 6 nitrogen and oxygen atoms in total. The Labute approximate surface area is 154 Å². The molecule has 0 radical (unpaired) electrons. The van der Waals surface area contributed by atoms with E-state index >= 15 is 0 Å². The number of nitrogens with zero attached hydrogens (tertiary/aromatic N) is 5. The molecule has 1 saturated heterocycles. The minimum absolute atomic E-state index is 0. The van der Waals surface area contributed by atoms with Gasteiger partial charge in [-0.05, 0) is 30.3 Å². The van der Waals surface area contributed by atoms with Crippen LogP contribution in [0.2, 0.25) is 0 Å². The average molecular weight is 521 g/mol. The Balaban J connectivity index is 0.00000176. The van der Waals surface area contributed by atoms with E-state index < -0.39 is 0 Å². The molecule has 2 aliphatic rings. The molecule has 0 amide bonds. The summed E-state index contributed by atoms with van der Waals surface area (Å²) in [6.07, 6.45) is 8.39. The largest absolute Gasteiger partial charge is 2.00 e. The Morgan fingerprint density at radius 3 is 2.82 bits per heavy atom. The van der Waals surface area contributed by atoms with Gasteiger partial charge in [0.25, 0.3) is 0 Å². The first-order chi connectivity index (χ1) is 10.4. The number of aromatic nitrogens is 1. The van der Waals surface area contributed by atoms with E-state index in [4.69, 9.17) is 4.74 Å². The summed E-state index contributed by atoms with van der Waals surface area (Å²) < 4.78 is 5.36. The predicted molar refractivity (Wildman–Crippen MR) is 81.8 cm³/mol. The standard InChI is InChI=1S/C15H17N5O.U/c1-4-16-5-2-13(1)11-18-19-15-14(3-6-17-15)12-20-7-9-21-10-8-20;/h1-5H,6-10,12H2;/q-2;+2. The van der Waals surface area contributed by atoms with Crippen LogP contribution in [0.4, 0.5) is 0 Å². The van der Waals surface area contributed by atoms with Gasteiger partial charge in [-0.1, -0.05) is 12.3 Å². The molecule has 3 heterocycles. The van der Waals surface area contributed by atoms with Gasteiger partial charge in [-0.3, -0.25) is 9.88 Å². The molecule has 0 aromatic carbocycles. The molecule has 1 aromatic heterocycles. The van der Waals surface area contributed by atoms with E-state index in [0.29, 0.717) is 12.4 Å². The van der Waals surface area contributed by atoms with Crippen molar-refractivity contribution >= 4 is 12.1 Å². The van der Waals surface area contributed by atoms with E-state index in [1.165, 1.54) is 0 Å². The van der Waals surface area contributed by atoms with Gasteiger partial charge in [-0.25, -0.2) is 0 Å². The van der Waals surface area contributed by atoms with E-state index in [-0.39, 0.29) is 31.1 Å². The van der Waals surface area contributed by atoms with Crippen LogP contribution in [-0.4, -0.2) is 61.3 Å². The van der Waals surface area contributed by atoms with Crippen LogP contribution in [0, 0.1) is 31.1 Å². The van der Waals surface area contributed by atoms with Gasteiger partial charge in [0.05, 0.1) is 13.2 Å². The maximum absolute atomic E-state index is 5.36. The van der Waals surface area contributed by atoms with E-state index in [1.54, 1.807) is 12.4 Å². The van der Waals surface area contributed by atoms with Gasteiger partial charge in [0.15, 0.2) is 0 Å². The summed E-state index contributed by atoms with van der Waals surface area (Å²) in [6.45, 7) is 5.05. The van der Waals surface area contributed by atoms with E-state index in [1.807, 2.05) is 12.1 Å². The van der Waals surface area contributed by atoms with Crippen molar-refractivity contribution in [3.63, 3.8) is 0 Å². The maximum atomic E-state index is 5.36. The molecule has 0 unspecified atom stereocenters. The van der Waals surface area contributed by atoms with Crippen LogP contribution < -0.4 is 0 Å². The molecule has 22 heavy (non-hydrogen) atoms. The number of morpholine rings is 1. The molecule has 0 N–H and O–H groups in total. The van der Waals surface area contributed by atoms with Gasteiger partial charge in [-0.2, -0.15) is 5.56 Å². The number of ether oxygens (including phenoxy) is 1. The number of hydrogen-bond donors (Lipinski definition) is 0. The summed E-state index contributed by atoms with van der Waals surface area (Å²) in [7, 11) is 0. The van der Waals surface area contributed by atoms with Crippen molar-refractivity contribution in [2.75, 3.05) is 39.4 Å². The van der Waals surface area contributed by atoms with Crippen LogP contribution in [-0.2, 0) is 4.74 Å². The number of hydrogen-bond acceptors (Lipinski definition) is 5. The SMILES string of the molecule is [C-](=N/N=C1\[N-]CC=C1CN1CCOCC1)c1ccncc1.[U+2]. The fraction of sp³-hybridized carbons (Fsp3) is 0.400. The summed E-state index contributed by atoms with van der Waals surface area (Å²) in [5, 5.41) is 12.5. The van der Waals surface area contributed by atoms with Crippen molar-refractivity contribution in [2.24, 2.45) is 10.2 Å². The smallest absolute Gasteiger partial charge is 0.460 e. The van der Waals surface area contributed by atoms with Gasteiger partial charge < -0.3 is 20.3 Å². The first kappa shape index (κ1) is 17.4. The van der Waals surface area contributed by atoms with Gasteiger partial charge in [0.1, 0.15) is 0 Å². The molecule has 1 fully saturated rings. The fourth-order valence-electron chi connectivity index (χ4n) is 2.22. The van der Waals surface area contributed by atoms with Gasteiger partial charge in [0, 0.05) is 19.6 Å². The normalized spacial score (nSPS) is 20.7. The quantitative estimate of drug-likeness (QED) is 0.342. The van der Waals surface area contributed by atoms with E-state index in [0.717, 1.165) is 44.0 Å². The topological polar surface area (TPSA) is 64.2 Å². The molecule has 0 saturated carbocycles. The van der Waals surface area contributed by atoms with Gasteiger partial charge in [-0.15, -0.1) is 12.1 Å². The molecule has 1 aromatic rings. The summed E-state index contributed by atoms with van der Waals surface area (Å²) in [6, 6.07) is 3.67. The minimum Gasteiger partial charge on any atom is -0.460 e. The Hall–Kier alpha value is -0.998. The fourth-order valence-corrected chi connectivity index (χ4v) is 2.22. The molecule has 0 atom stereocenters. The third-order valence-corrected chi connectivity index (χ3v) is 3.37. The van der Waals surface area contributed by atoms with Crippen LogP contribution in [0.5, 0.6) is 0 Å². The van der Waals surface area contributed by atoms with Crippen molar-refractivity contribution in [3.05, 3.63) is 47.1 Å². The van der Waals surface area contributed by atoms with Gasteiger partial charge in [0.2, 0.25) is 0 Å². The zero-order chi connectivity index (χ0) is 14.3. The molecule has 0 bridgehead atoms. The zero-order valence-electron chi connectivity index (χ0n) is 12.3. The molecule has 7 heteroatoms. The third-order valence-electron chi connectivity index (χ3n) is 3.37. The van der Waals surface area contributed by atoms with Crippen molar-refractivity contribution in [3.8, 4) is 0 Å². The van der Waals surface area contributed by atoms with Crippen molar-refractivity contribution in [2.45, 2.75) is 0 Å². The summed E-state index contributed by atoms with van der Waals surface area (Å²) >= 11 is 0. The predicted octanol–water partition coefficient (Wildman–Crippen LogP) is 1.34. The minimum atomic E-state index is 0. The molecule has 2 aliphatic heterocycles. The van der Waals surface area contributed by atoms with Gasteiger partial charge >= 0.3 is 31.1 Å². The van der Waals surface area contributed by atoms with Crippen molar-refractivity contribution in [1.29, 1.82) is 0 Å². The molecule has 3 rings (SSSR count).